The van der Waals surface area contributed by atoms with Crippen LogP contribution in [0.4, 0.5) is 0 Å². The minimum atomic E-state index is 0.803. The van der Waals surface area contributed by atoms with Crippen molar-refractivity contribution in [2.24, 2.45) is 4.99 Å². The minimum Gasteiger partial charge on any atom is -0.310 e. The van der Waals surface area contributed by atoms with Crippen LogP contribution in [-0.2, 0) is 0 Å². The van der Waals surface area contributed by atoms with Crippen molar-refractivity contribution < 1.29 is 0 Å². The van der Waals surface area contributed by atoms with E-state index in [2.05, 4.69) is 11.6 Å². The first-order valence-electron chi connectivity index (χ1n) is 3.68. The number of rotatable bonds is 2. The maximum atomic E-state index is 4.27. The second kappa shape index (κ2) is 3.76. The van der Waals surface area contributed by atoms with Gasteiger partial charge in [0.05, 0.1) is 0 Å². The van der Waals surface area contributed by atoms with Gasteiger partial charge in [0.25, 0.3) is 0 Å². The smallest absolute Gasteiger partial charge is 0.131 e. The third-order valence-corrected chi connectivity index (χ3v) is 1.38. The summed E-state index contributed by atoms with van der Waals surface area (Å²) in [6.07, 6.45) is 3.68. The van der Waals surface area contributed by atoms with E-state index in [0.717, 1.165) is 12.0 Å². The third kappa shape index (κ3) is 1.80. The van der Waals surface area contributed by atoms with Gasteiger partial charge in [-0.2, -0.15) is 0 Å². The predicted octanol–water partition coefficient (Wildman–Crippen LogP) is 1.51. The van der Waals surface area contributed by atoms with Crippen molar-refractivity contribution in [1.82, 2.24) is 4.57 Å². The summed E-state index contributed by atoms with van der Waals surface area (Å²) >= 11 is 0. The summed E-state index contributed by atoms with van der Waals surface area (Å²) in [5.41, 5.74) is 0.949. The van der Waals surface area contributed by atoms with E-state index in [9.17, 15) is 0 Å². The monoisotopic (exact) mass is 148 g/mol. The Kier molecular flexibility index (Phi) is 2.66. The van der Waals surface area contributed by atoms with Crippen molar-refractivity contribution in [3.63, 3.8) is 0 Å². The van der Waals surface area contributed by atoms with Crippen molar-refractivity contribution in [3.8, 4) is 0 Å². The SMILES string of the molecule is C=Cn1cccc/c1=N/CC. The minimum absolute atomic E-state index is 0.803. The first-order chi connectivity index (χ1) is 5.38. The summed E-state index contributed by atoms with van der Waals surface area (Å²) in [7, 11) is 0. The average molecular weight is 148 g/mol. The molecule has 0 spiro atoms. The van der Waals surface area contributed by atoms with Gasteiger partial charge < -0.3 is 4.57 Å². The zero-order valence-corrected chi connectivity index (χ0v) is 6.70. The normalized spacial score (nSPS) is 11.5. The fourth-order valence-electron chi connectivity index (χ4n) is 0.897. The van der Waals surface area contributed by atoms with E-state index < -0.39 is 0 Å². The van der Waals surface area contributed by atoms with Crippen LogP contribution in [0.25, 0.3) is 6.20 Å². The lowest BCUT2D eigenvalue weighted by Crippen LogP contribution is -2.14. The lowest BCUT2D eigenvalue weighted by atomic mass is 10.5. The highest BCUT2D eigenvalue weighted by atomic mass is 15.0. The first-order valence-corrected chi connectivity index (χ1v) is 3.68. The molecule has 0 atom stereocenters. The Balaban J connectivity index is 3.23. The largest absolute Gasteiger partial charge is 0.310 e. The molecular formula is C9H12N2. The number of pyridine rings is 1. The number of aromatic nitrogens is 1. The highest BCUT2D eigenvalue weighted by Gasteiger charge is 1.82. The maximum Gasteiger partial charge on any atom is 0.131 e. The van der Waals surface area contributed by atoms with E-state index >= 15 is 0 Å². The van der Waals surface area contributed by atoms with Crippen LogP contribution in [0.3, 0.4) is 0 Å². The lowest BCUT2D eigenvalue weighted by Gasteiger charge is -1.97. The van der Waals surface area contributed by atoms with Crippen molar-refractivity contribution in [1.29, 1.82) is 0 Å². The van der Waals surface area contributed by atoms with E-state index in [4.69, 9.17) is 0 Å². The summed E-state index contributed by atoms with van der Waals surface area (Å²) < 4.78 is 1.89. The second-order valence-electron chi connectivity index (χ2n) is 2.12. The zero-order valence-electron chi connectivity index (χ0n) is 6.70. The van der Waals surface area contributed by atoms with Crippen molar-refractivity contribution in [2.45, 2.75) is 6.92 Å². The van der Waals surface area contributed by atoms with Gasteiger partial charge in [-0.3, -0.25) is 4.99 Å². The van der Waals surface area contributed by atoms with Crippen molar-refractivity contribution in [2.75, 3.05) is 6.54 Å². The Morgan fingerprint density at radius 3 is 3.09 bits per heavy atom. The van der Waals surface area contributed by atoms with Gasteiger partial charge in [-0.15, -0.1) is 0 Å². The lowest BCUT2D eigenvalue weighted by molar-refractivity contribution is 0.939. The number of nitrogens with zero attached hydrogens (tertiary/aromatic N) is 2. The molecule has 2 heteroatoms. The standard InChI is InChI=1S/C9H12N2/c1-3-10-9-7-5-6-8-11(9)4-2/h4-8H,2-3H2,1H3/b10-9-. The molecule has 1 rings (SSSR count). The third-order valence-electron chi connectivity index (χ3n) is 1.38. The van der Waals surface area contributed by atoms with Crippen LogP contribution in [0.2, 0.25) is 0 Å². The van der Waals surface area contributed by atoms with E-state index in [1.807, 2.05) is 35.9 Å². The second-order valence-corrected chi connectivity index (χ2v) is 2.12. The molecule has 1 heterocycles. The molecule has 0 fully saturated rings. The van der Waals surface area contributed by atoms with Gasteiger partial charge in [0.2, 0.25) is 0 Å². The topological polar surface area (TPSA) is 17.3 Å². The molecule has 0 saturated heterocycles. The molecule has 0 aliphatic rings. The molecule has 0 unspecified atom stereocenters. The van der Waals surface area contributed by atoms with E-state index in [1.165, 1.54) is 0 Å². The molecule has 58 valence electrons. The van der Waals surface area contributed by atoms with Crippen LogP contribution in [0, 0.1) is 0 Å². The molecule has 1 aromatic rings. The fraction of sp³-hybridized carbons (Fsp3) is 0.222. The molecule has 0 bridgehead atoms. The Morgan fingerprint density at radius 1 is 1.64 bits per heavy atom. The predicted molar refractivity (Wildman–Crippen MR) is 46.9 cm³/mol. The summed E-state index contributed by atoms with van der Waals surface area (Å²) in [6.45, 7) is 6.49. The molecule has 0 aliphatic heterocycles. The molecule has 0 radical (unpaired) electrons. The Morgan fingerprint density at radius 2 is 2.45 bits per heavy atom. The summed E-state index contributed by atoms with van der Waals surface area (Å²) in [6, 6.07) is 5.88. The van der Waals surface area contributed by atoms with Gasteiger partial charge in [0, 0.05) is 18.9 Å². The summed E-state index contributed by atoms with van der Waals surface area (Å²) in [4.78, 5) is 4.27. The fourth-order valence-corrected chi connectivity index (χ4v) is 0.897. The molecule has 1 aromatic heterocycles. The molecular weight excluding hydrogens is 136 g/mol. The van der Waals surface area contributed by atoms with Crippen molar-refractivity contribution >= 4 is 6.20 Å². The summed E-state index contributed by atoms with van der Waals surface area (Å²) in [5.74, 6) is 0. The molecule has 0 amide bonds. The Bertz CT molecular complexity index is 296. The van der Waals surface area contributed by atoms with Crippen LogP contribution in [0.1, 0.15) is 6.92 Å². The van der Waals surface area contributed by atoms with Gasteiger partial charge in [-0.1, -0.05) is 12.6 Å². The zero-order chi connectivity index (χ0) is 8.10. The summed E-state index contributed by atoms with van der Waals surface area (Å²) in [5, 5.41) is 0. The van der Waals surface area contributed by atoms with Crippen LogP contribution < -0.4 is 5.49 Å². The molecule has 0 N–H and O–H groups in total. The van der Waals surface area contributed by atoms with Gasteiger partial charge >= 0.3 is 0 Å². The van der Waals surface area contributed by atoms with Crippen molar-refractivity contribution in [3.05, 3.63) is 36.5 Å². The average Bonchev–Trinajstić information content (AvgIpc) is 2.06. The van der Waals surface area contributed by atoms with Gasteiger partial charge in [-0.05, 0) is 19.1 Å². The molecule has 0 saturated carbocycles. The van der Waals surface area contributed by atoms with Gasteiger partial charge in [0.15, 0.2) is 0 Å². The molecule has 11 heavy (non-hydrogen) atoms. The molecule has 2 nitrogen and oxygen atoms in total. The maximum absolute atomic E-state index is 4.27. The van der Waals surface area contributed by atoms with E-state index in [0.29, 0.717) is 0 Å². The van der Waals surface area contributed by atoms with Gasteiger partial charge in [0.1, 0.15) is 5.49 Å². The highest BCUT2D eigenvalue weighted by Crippen LogP contribution is 1.81. The molecule has 0 aromatic carbocycles. The quantitative estimate of drug-likeness (QED) is 0.605. The Hall–Kier alpha value is -1.31. The Labute approximate surface area is 66.5 Å². The van der Waals surface area contributed by atoms with Crippen LogP contribution in [-0.4, -0.2) is 11.1 Å². The number of hydrogen-bond acceptors (Lipinski definition) is 1. The number of hydrogen-bond donors (Lipinski definition) is 0. The highest BCUT2D eigenvalue weighted by molar-refractivity contribution is 5.16. The van der Waals surface area contributed by atoms with Crippen LogP contribution >= 0.6 is 0 Å². The van der Waals surface area contributed by atoms with Crippen LogP contribution in [0.15, 0.2) is 36.0 Å². The molecule has 0 aliphatic carbocycles. The van der Waals surface area contributed by atoms with E-state index in [1.54, 1.807) is 6.20 Å². The first kappa shape index (κ1) is 7.79. The van der Waals surface area contributed by atoms with Gasteiger partial charge in [-0.25, -0.2) is 0 Å². The van der Waals surface area contributed by atoms with Crippen LogP contribution in [0.5, 0.6) is 0 Å². The van der Waals surface area contributed by atoms with E-state index in [-0.39, 0.29) is 0 Å².